The zero-order valence-corrected chi connectivity index (χ0v) is 12.1. The fourth-order valence-electron chi connectivity index (χ4n) is 1.63. The average molecular weight is 293 g/mol. The Morgan fingerprint density at radius 1 is 1.20 bits per heavy atom. The third-order valence-corrected chi connectivity index (χ3v) is 4.54. The molecule has 0 saturated carbocycles. The number of nitrogens with zero attached hydrogens (tertiary/aromatic N) is 4. The van der Waals surface area contributed by atoms with Crippen molar-refractivity contribution in [2.24, 2.45) is 0 Å². The molecule has 0 bridgehead atoms. The molecule has 0 aliphatic heterocycles. The largest absolute Gasteiger partial charge is 0.396 e. The van der Waals surface area contributed by atoms with Crippen LogP contribution in [-0.2, 0) is 10.0 Å². The van der Waals surface area contributed by atoms with Crippen LogP contribution in [0.15, 0.2) is 23.1 Å². The van der Waals surface area contributed by atoms with E-state index in [1.807, 2.05) is 12.1 Å². The van der Waals surface area contributed by atoms with Gasteiger partial charge >= 0.3 is 0 Å². The van der Waals surface area contributed by atoms with Gasteiger partial charge in [0.1, 0.15) is 18.0 Å². The number of nitriles is 2. The minimum absolute atomic E-state index is 0.0340. The van der Waals surface area contributed by atoms with Gasteiger partial charge in [-0.1, -0.05) is 6.07 Å². The second-order valence-corrected chi connectivity index (χ2v) is 6.27. The summed E-state index contributed by atoms with van der Waals surface area (Å²) >= 11 is 0. The predicted octanol–water partition coefficient (Wildman–Crippen LogP) is 0.373. The van der Waals surface area contributed by atoms with Gasteiger partial charge in [0.2, 0.25) is 10.0 Å². The van der Waals surface area contributed by atoms with E-state index in [0.717, 1.165) is 4.31 Å². The number of nitrogen functional groups attached to an aromatic ring is 1. The summed E-state index contributed by atoms with van der Waals surface area (Å²) in [4.78, 5) is 1.38. The zero-order chi connectivity index (χ0) is 15.3. The molecule has 106 valence electrons. The molecule has 0 amide bonds. The van der Waals surface area contributed by atoms with Crippen LogP contribution in [0.2, 0.25) is 0 Å². The summed E-state index contributed by atoms with van der Waals surface area (Å²) in [5.74, 6) is 0. The van der Waals surface area contributed by atoms with Crippen LogP contribution in [0.1, 0.15) is 0 Å². The molecule has 0 radical (unpaired) electrons. The standard InChI is InChI=1S/C12H15N5O2S/c1-16(2)20(18,19)11-5-3-4-10(12(11)15)17(8-6-13)9-7-14/h3-5H,8-9,15H2,1-2H3. The molecule has 0 aromatic heterocycles. The fraction of sp³-hybridized carbons (Fsp3) is 0.333. The van der Waals surface area contributed by atoms with E-state index in [-0.39, 0.29) is 23.7 Å². The molecule has 8 heteroatoms. The highest BCUT2D eigenvalue weighted by atomic mass is 32.2. The van der Waals surface area contributed by atoms with Crippen molar-refractivity contribution < 1.29 is 8.42 Å². The average Bonchev–Trinajstić information content (AvgIpc) is 2.38. The summed E-state index contributed by atoms with van der Waals surface area (Å²) in [6.45, 7) is -0.105. The van der Waals surface area contributed by atoms with Gasteiger partial charge in [0.25, 0.3) is 0 Å². The van der Waals surface area contributed by atoms with Crippen LogP contribution in [0.3, 0.4) is 0 Å². The van der Waals surface area contributed by atoms with Crippen LogP contribution < -0.4 is 10.6 Å². The van der Waals surface area contributed by atoms with E-state index in [2.05, 4.69) is 0 Å². The first-order valence-corrected chi connectivity index (χ1v) is 7.10. The third-order valence-electron chi connectivity index (χ3n) is 2.67. The van der Waals surface area contributed by atoms with Gasteiger partial charge in [0.05, 0.1) is 23.5 Å². The molecular formula is C12H15N5O2S. The van der Waals surface area contributed by atoms with Gasteiger partial charge in [-0.25, -0.2) is 12.7 Å². The summed E-state index contributed by atoms with van der Waals surface area (Å²) < 4.78 is 25.3. The van der Waals surface area contributed by atoms with E-state index in [1.54, 1.807) is 6.07 Å². The SMILES string of the molecule is CN(C)S(=O)(=O)c1cccc(N(CC#N)CC#N)c1N. The van der Waals surface area contributed by atoms with E-state index in [0.29, 0.717) is 5.69 Å². The van der Waals surface area contributed by atoms with Crippen molar-refractivity contribution in [2.75, 3.05) is 37.8 Å². The van der Waals surface area contributed by atoms with E-state index in [1.165, 1.54) is 31.1 Å². The molecule has 20 heavy (non-hydrogen) atoms. The maximum absolute atomic E-state index is 12.1. The molecule has 0 unspecified atom stereocenters. The van der Waals surface area contributed by atoms with Crippen LogP contribution in [0, 0.1) is 22.7 Å². The van der Waals surface area contributed by atoms with Crippen LogP contribution >= 0.6 is 0 Å². The van der Waals surface area contributed by atoms with Gasteiger partial charge in [-0.15, -0.1) is 0 Å². The van der Waals surface area contributed by atoms with Crippen molar-refractivity contribution in [1.82, 2.24) is 4.31 Å². The normalized spacial score (nSPS) is 10.8. The quantitative estimate of drug-likeness (QED) is 0.619. The van der Waals surface area contributed by atoms with Crippen LogP contribution in [-0.4, -0.2) is 39.9 Å². The number of rotatable bonds is 5. The van der Waals surface area contributed by atoms with E-state index in [4.69, 9.17) is 16.3 Å². The van der Waals surface area contributed by atoms with Gasteiger partial charge in [-0.2, -0.15) is 10.5 Å². The first-order valence-electron chi connectivity index (χ1n) is 5.66. The lowest BCUT2D eigenvalue weighted by Gasteiger charge is -2.22. The number of hydrogen-bond donors (Lipinski definition) is 1. The fourth-order valence-corrected chi connectivity index (χ4v) is 2.65. The Labute approximate surface area is 118 Å². The van der Waals surface area contributed by atoms with Gasteiger partial charge in [-0.05, 0) is 12.1 Å². The zero-order valence-electron chi connectivity index (χ0n) is 11.2. The summed E-state index contributed by atoms with van der Waals surface area (Å²) in [6.07, 6.45) is 0. The lowest BCUT2D eigenvalue weighted by Crippen LogP contribution is -2.27. The minimum atomic E-state index is -3.68. The molecular weight excluding hydrogens is 278 g/mol. The molecule has 0 fully saturated rings. The van der Waals surface area contributed by atoms with Gasteiger partial charge in [0.15, 0.2) is 0 Å². The third kappa shape index (κ3) is 2.99. The maximum Gasteiger partial charge on any atom is 0.244 e. The summed E-state index contributed by atoms with van der Waals surface area (Å²) in [5.41, 5.74) is 6.29. The van der Waals surface area contributed by atoms with Crippen molar-refractivity contribution in [2.45, 2.75) is 4.90 Å². The van der Waals surface area contributed by atoms with Crippen molar-refractivity contribution in [1.29, 1.82) is 10.5 Å². The van der Waals surface area contributed by atoms with Crippen molar-refractivity contribution in [3.8, 4) is 12.1 Å². The Hall–Kier alpha value is -2.29. The van der Waals surface area contributed by atoms with E-state index in [9.17, 15) is 8.42 Å². The van der Waals surface area contributed by atoms with Crippen molar-refractivity contribution in [3.63, 3.8) is 0 Å². The first-order chi connectivity index (χ1) is 9.36. The Kier molecular flexibility index (Phi) is 4.92. The van der Waals surface area contributed by atoms with Crippen LogP contribution in [0.25, 0.3) is 0 Å². The second-order valence-electron chi connectivity index (χ2n) is 4.15. The summed E-state index contributed by atoms with van der Waals surface area (Å²) in [7, 11) is -0.865. The Morgan fingerprint density at radius 3 is 2.20 bits per heavy atom. The number of sulfonamides is 1. The lowest BCUT2D eigenvalue weighted by atomic mass is 10.2. The Morgan fingerprint density at radius 2 is 1.75 bits per heavy atom. The monoisotopic (exact) mass is 293 g/mol. The molecule has 0 spiro atoms. The number of anilines is 2. The molecule has 0 aliphatic rings. The second kappa shape index (κ2) is 6.24. The van der Waals surface area contributed by atoms with Crippen molar-refractivity contribution >= 4 is 21.4 Å². The maximum atomic E-state index is 12.1. The van der Waals surface area contributed by atoms with Gasteiger partial charge in [0, 0.05) is 14.1 Å². The summed E-state index contributed by atoms with van der Waals surface area (Å²) in [5, 5.41) is 17.5. The van der Waals surface area contributed by atoms with Crippen LogP contribution in [0.5, 0.6) is 0 Å². The van der Waals surface area contributed by atoms with E-state index < -0.39 is 10.0 Å². The number of nitrogens with two attached hydrogens (primary N) is 1. The van der Waals surface area contributed by atoms with Crippen molar-refractivity contribution in [3.05, 3.63) is 18.2 Å². The Balaban J connectivity index is 3.40. The number of benzene rings is 1. The summed E-state index contributed by atoms with van der Waals surface area (Å²) in [6, 6.07) is 8.34. The molecule has 1 aromatic carbocycles. The first kappa shape index (κ1) is 15.8. The van der Waals surface area contributed by atoms with Crippen LogP contribution in [0.4, 0.5) is 11.4 Å². The highest BCUT2D eigenvalue weighted by Gasteiger charge is 2.23. The van der Waals surface area contributed by atoms with E-state index >= 15 is 0 Å². The molecule has 0 atom stereocenters. The molecule has 2 N–H and O–H groups in total. The smallest absolute Gasteiger partial charge is 0.244 e. The molecule has 0 aliphatic carbocycles. The topological polar surface area (TPSA) is 114 Å². The number of hydrogen-bond acceptors (Lipinski definition) is 6. The number of para-hydroxylation sites is 1. The highest BCUT2D eigenvalue weighted by molar-refractivity contribution is 7.89. The predicted molar refractivity (Wildman–Crippen MR) is 75.2 cm³/mol. The Bertz CT molecular complexity index is 654. The molecule has 1 aromatic rings. The molecule has 0 saturated heterocycles. The molecule has 0 heterocycles. The van der Waals surface area contributed by atoms with Gasteiger partial charge in [-0.3, -0.25) is 0 Å². The highest BCUT2D eigenvalue weighted by Crippen LogP contribution is 2.30. The molecule has 7 nitrogen and oxygen atoms in total. The minimum Gasteiger partial charge on any atom is -0.396 e. The van der Waals surface area contributed by atoms with Gasteiger partial charge < -0.3 is 10.6 Å². The molecule has 1 rings (SSSR count). The lowest BCUT2D eigenvalue weighted by molar-refractivity contribution is 0.521.